The molecule has 0 aliphatic heterocycles. The zero-order chi connectivity index (χ0) is 20.6. The molecule has 1 saturated carbocycles. The second-order valence-electron chi connectivity index (χ2n) is 10.1. The van der Waals surface area contributed by atoms with E-state index in [0.29, 0.717) is 5.75 Å². The Hall–Kier alpha value is -2.48. The second-order valence-corrected chi connectivity index (χ2v) is 10.1. The summed E-state index contributed by atoms with van der Waals surface area (Å²) in [5.41, 5.74) is 5.37. The molecule has 0 saturated heterocycles. The van der Waals surface area contributed by atoms with E-state index >= 15 is 0 Å². The van der Waals surface area contributed by atoms with Gasteiger partial charge in [-0.1, -0.05) is 58.4 Å². The van der Waals surface area contributed by atoms with Crippen molar-refractivity contribution in [2.45, 2.75) is 52.4 Å². The smallest absolute Gasteiger partial charge is 0.123 e. The Bertz CT molecular complexity index is 1120. The summed E-state index contributed by atoms with van der Waals surface area (Å²) in [5, 5.41) is 13.1. The molecule has 1 spiro atoms. The first-order valence-electron chi connectivity index (χ1n) is 10.7. The number of hydrogen-bond acceptors (Lipinski definition) is 2. The Kier molecular flexibility index (Phi) is 3.70. The molecule has 0 aromatic heterocycles. The summed E-state index contributed by atoms with van der Waals surface area (Å²) in [7, 11) is 1.67. The first-order chi connectivity index (χ1) is 13.7. The number of phenols is 1. The number of rotatable bonds is 1. The summed E-state index contributed by atoms with van der Waals surface area (Å²) in [5.74, 6) is 1.12. The average molecular weight is 387 g/mol. The molecule has 0 amide bonds. The minimum absolute atomic E-state index is 0.0860. The molecule has 2 aliphatic carbocycles. The number of phenolic OH excluding ortho intramolecular Hbond substituents is 1. The SMILES string of the molecule is COc1ccc2c3c(cc(O)c2c1)C1(c2ccccc2-3)C(C)(C)CCCC1(C)C. The van der Waals surface area contributed by atoms with Crippen LogP contribution in [-0.2, 0) is 5.41 Å². The fraction of sp³-hybridized carbons (Fsp3) is 0.407. The topological polar surface area (TPSA) is 29.5 Å². The third-order valence-corrected chi connectivity index (χ3v) is 7.96. The number of aromatic hydroxyl groups is 1. The highest BCUT2D eigenvalue weighted by Gasteiger charge is 2.62. The van der Waals surface area contributed by atoms with Crippen LogP contribution in [0, 0.1) is 10.8 Å². The van der Waals surface area contributed by atoms with Crippen LogP contribution in [0.15, 0.2) is 48.5 Å². The molecule has 1 fully saturated rings. The van der Waals surface area contributed by atoms with E-state index in [-0.39, 0.29) is 16.2 Å². The van der Waals surface area contributed by atoms with Gasteiger partial charge in [-0.2, -0.15) is 0 Å². The van der Waals surface area contributed by atoms with Crippen LogP contribution in [-0.4, -0.2) is 12.2 Å². The third-order valence-electron chi connectivity index (χ3n) is 7.96. The lowest BCUT2D eigenvalue weighted by Gasteiger charge is -2.59. The largest absolute Gasteiger partial charge is 0.507 e. The van der Waals surface area contributed by atoms with Gasteiger partial charge >= 0.3 is 0 Å². The number of fused-ring (bicyclic) bond motifs is 7. The van der Waals surface area contributed by atoms with Crippen molar-refractivity contribution in [3.05, 3.63) is 59.7 Å². The highest BCUT2D eigenvalue weighted by Crippen LogP contribution is 2.70. The summed E-state index contributed by atoms with van der Waals surface area (Å²) in [6.45, 7) is 9.70. The van der Waals surface area contributed by atoms with E-state index in [9.17, 15) is 5.11 Å². The molecular formula is C27H30O2. The van der Waals surface area contributed by atoms with Crippen LogP contribution >= 0.6 is 0 Å². The molecule has 5 rings (SSSR count). The quantitative estimate of drug-likeness (QED) is 0.485. The van der Waals surface area contributed by atoms with E-state index in [1.807, 2.05) is 12.1 Å². The zero-order valence-corrected chi connectivity index (χ0v) is 18.1. The fourth-order valence-corrected chi connectivity index (χ4v) is 6.99. The van der Waals surface area contributed by atoms with Gasteiger partial charge in [-0.25, -0.2) is 0 Å². The number of methoxy groups -OCH3 is 1. The summed E-state index contributed by atoms with van der Waals surface area (Å²) < 4.78 is 5.43. The lowest BCUT2D eigenvalue weighted by Crippen LogP contribution is -2.55. The van der Waals surface area contributed by atoms with Gasteiger partial charge in [-0.05, 0) is 75.6 Å². The Labute approximate surface area is 173 Å². The molecule has 2 nitrogen and oxygen atoms in total. The van der Waals surface area contributed by atoms with Crippen molar-refractivity contribution in [2.24, 2.45) is 10.8 Å². The van der Waals surface area contributed by atoms with Crippen LogP contribution in [0.3, 0.4) is 0 Å². The predicted octanol–water partition coefficient (Wildman–Crippen LogP) is 7.06. The van der Waals surface area contributed by atoms with Gasteiger partial charge in [0.1, 0.15) is 11.5 Å². The zero-order valence-electron chi connectivity index (χ0n) is 18.1. The van der Waals surface area contributed by atoms with Crippen molar-refractivity contribution in [1.29, 1.82) is 0 Å². The summed E-state index contributed by atoms with van der Waals surface area (Å²) in [6, 6.07) is 17.1. The third kappa shape index (κ3) is 2.12. The first kappa shape index (κ1) is 18.5. The first-order valence-corrected chi connectivity index (χ1v) is 10.7. The van der Waals surface area contributed by atoms with E-state index < -0.39 is 0 Å². The van der Waals surface area contributed by atoms with Crippen LogP contribution in [0.5, 0.6) is 11.5 Å². The van der Waals surface area contributed by atoms with E-state index in [0.717, 1.165) is 16.5 Å². The van der Waals surface area contributed by atoms with E-state index in [4.69, 9.17) is 4.74 Å². The normalized spacial score (nSPS) is 20.4. The average Bonchev–Trinajstić information content (AvgIpc) is 2.98. The molecule has 150 valence electrons. The lowest BCUT2D eigenvalue weighted by molar-refractivity contribution is 0.00870. The molecular weight excluding hydrogens is 356 g/mol. The van der Waals surface area contributed by atoms with Crippen LogP contribution in [0.1, 0.15) is 58.1 Å². The van der Waals surface area contributed by atoms with Gasteiger partial charge < -0.3 is 9.84 Å². The molecule has 2 heteroatoms. The standard InChI is InChI=1S/C27H30O2/c1-25(2)13-8-14-26(3,4)27(25)21-10-7-6-9-19(21)24-18-12-11-17(29-5)15-20(18)23(28)16-22(24)27/h6-7,9-12,15-16,28H,8,13-14H2,1-5H3. The van der Waals surface area contributed by atoms with Crippen molar-refractivity contribution in [3.8, 4) is 22.6 Å². The molecule has 0 bridgehead atoms. The van der Waals surface area contributed by atoms with Crippen molar-refractivity contribution in [2.75, 3.05) is 7.11 Å². The van der Waals surface area contributed by atoms with Crippen molar-refractivity contribution in [1.82, 2.24) is 0 Å². The van der Waals surface area contributed by atoms with Gasteiger partial charge in [0.2, 0.25) is 0 Å². The van der Waals surface area contributed by atoms with Crippen molar-refractivity contribution >= 4 is 10.8 Å². The van der Waals surface area contributed by atoms with Crippen molar-refractivity contribution in [3.63, 3.8) is 0 Å². The van der Waals surface area contributed by atoms with Crippen LogP contribution < -0.4 is 4.74 Å². The molecule has 0 heterocycles. The Morgan fingerprint density at radius 1 is 0.828 bits per heavy atom. The maximum atomic E-state index is 11.1. The van der Waals surface area contributed by atoms with Crippen LogP contribution in [0.2, 0.25) is 0 Å². The Balaban J connectivity index is 1.99. The molecule has 3 aromatic rings. The molecule has 1 N–H and O–H groups in total. The predicted molar refractivity (Wildman–Crippen MR) is 120 cm³/mol. The van der Waals surface area contributed by atoms with Gasteiger partial charge in [0.15, 0.2) is 0 Å². The van der Waals surface area contributed by atoms with E-state index in [1.54, 1.807) is 7.11 Å². The highest BCUT2D eigenvalue weighted by atomic mass is 16.5. The monoisotopic (exact) mass is 386 g/mol. The molecule has 0 radical (unpaired) electrons. The summed E-state index contributed by atoms with van der Waals surface area (Å²) in [6.07, 6.45) is 3.62. The maximum absolute atomic E-state index is 11.1. The van der Waals surface area contributed by atoms with E-state index in [2.05, 4.69) is 64.1 Å². The molecule has 0 unspecified atom stereocenters. The highest BCUT2D eigenvalue weighted by molar-refractivity contribution is 6.06. The van der Waals surface area contributed by atoms with Gasteiger partial charge in [-0.3, -0.25) is 0 Å². The molecule has 0 atom stereocenters. The minimum atomic E-state index is -0.129. The minimum Gasteiger partial charge on any atom is -0.507 e. The van der Waals surface area contributed by atoms with Gasteiger partial charge in [0, 0.05) is 10.8 Å². The number of benzene rings is 3. The number of ether oxygens (including phenoxy) is 1. The van der Waals surface area contributed by atoms with Gasteiger partial charge in [0.05, 0.1) is 7.11 Å². The second kappa shape index (κ2) is 5.78. The van der Waals surface area contributed by atoms with Crippen molar-refractivity contribution < 1.29 is 9.84 Å². The molecule has 29 heavy (non-hydrogen) atoms. The lowest BCUT2D eigenvalue weighted by atomic mass is 9.44. The number of hydrogen-bond donors (Lipinski definition) is 1. The molecule has 3 aromatic carbocycles. The van der Waals surface area contributed by atoms with E-state index in [1.165, 1.54) is 41.5 Å². The Morgan fingerprint density at radius 3 is 2.21 bits per heavy atom. The fourth-order valence-electron chi connectivity index (χ4n) is 6.99. The summed E-state index contributed by atoms with van der Waals surface area (Å²) >= 11 is 0. The maximum Gasteiger partial charge on any atom is 0.123 e. The summed E-state index contributed by atoms with van der Waals surface area (Å²) in [4.78, 5) is 0. The van der Waals surface area contributed by atoms with Gasteiger partial charge in [0.25, 0.3) is 0 Å². The molecule has 2 aliphatic rings. The van der Waals surface area contributed by atoms with Gasteiger partial charge in [-0.15, -0.1) is 0 Å². The Morgan fingerprint density at radius 2 is 1.52 bits per heavy atom. The van der Waals surface area contributed by atoms with Crippen LogP contribution in [0.25, 0.3) is 21.9 Å². The van der Waals surface area contributed by atoms with Crippen LogP contribution in [0.4, 0.5) is 0 Å².